The van der Waals surface area contributed by atoms with Crippen LogP contribution in [-0.2, 0) is 13.6 Å². The molecule has 0 amide bonds. The lowest BCUT2D eigenvalue weighted by molar-refractivity contribution is 0.127. The van der Waals surface area contributed by atoms with Crippen LogP contribution in [0, 0.1) is 11.8 Å². The number of nitrogens with two attached hydrogens (primary N) is 1. The number of rotatable bonds is 5. The summed E-state index contributed by atoms with van der Waals surface area (Å²) in [6.45, 7) is 4.00. The van der Waals surface area contributed by atoms with E-state index in [2.05, 4.69) is 35.5 Å². The van der Waals surface area contributed by atoms with Gasteiger partial charge in [-0.05, 0) is 31.7 Å². The van der Waals surface area contributed by atoms with Crippen LogP contribution >= 0.6 is 0 Å². The summed E-state index contributed by atoms with van der Waals surface area (Å²) in [6, 6.07) is 0.490. The van der Waals surface area contributed by atoms with Crippen molar-refractivity contribution in [3.63, 3.8) is 0 Å². The Balaban J connectivity index is 1.95. The van der Waals surface area contributed by atoms with E-state index in [1.165, 1.54) is 25.7 Å². The zero-order valence-electron chi connectivity index (χ0n) is 12.5. The van der Waals surface area contributed by atoms with Gasteiger partial charge in [-0.15, -0.1) is 0 Å². The Morgan fingerprint density at radius 3 is 2.63 bits per heavy atom. The number of imidazole rings is 1. The van der Waals surface area contributed by atoms with E-state index in [0.717, 1.165) is 30.7 Å². The highest BCUT2D eigenvalue weighted by Gasteiger charge is 2.28. The summed E-state index contributed by atoms with van der Waals surface area (Å²) < 4.78 is 2.09. The molecule has 1 fully saturated rings. The highest BCUT2D eigenvalue weighted by atomic mass is 15.2. The van der Waals surface area contributed by atoms with Gasteiger partial charge in [-0.3, -0.25) is 4.90 Å². The van der Waals surface area contributed by atoms with E-state index in [1.807, 2.05) is 12.4 Å². The van der Waals surface area contributed by atoms with Crippen molar-refractivity contribution in [2.45, 2.75) is 45.2 Å². The molecular formula is C15H28N4. The predicted molar refractivity (Wildman–Crippen MR) is 78.6 cm³/mol. The van der Waals surface area contributed by atoms with E-state index in [1.54, 1.807) is 0 Å². The normalized spacial score (nSPS) is 25.7. The maximum absolute atomic E-state index is 6.04. The molecule has 0 spiro atoms. The molecule has 1 aliphatic rings. The van der Waals surface area contributed by atoms with Gasteiger partial charge in [-0.2, -0.15) is 0 Å². The Morgan fingerprint density at radius 2 is 2.11 bits per heavy atom. The molecule has 1 saturated carbocycles. The molecule has 0 radical (unpaired) electrons. The molecule has 4 heteroatoms. The Labute approximate surface area is 117 Å². The molecule has 0 aromatic carbocycles. The number of aromatic nitrogens is 2. The molecule has 1 atom stereocenters. The first-order chi connectivity index (χ1) is 9.11. The second-order valence-corrected chi connectivity index (χ2v) is 6.19. The van der Waals surface area contributed by atoms with Crippen LogP contribution in [0.3, 0.4) is 0 Å². The second kappa shape index (κ2) is 6.53. The molecule has 1 aromatic rings. The van der Waals surface area contributed by atoms with Gasteiger partial charge in [0.25, 0.3) is 0 Å². The van der Waals surface area contributed by atoms with E-state index in [4.69, 9.17) is 5.73 Å². The summed E-state index contributed by atoms with van der Waals surface area (Å²) in [5.74, 6) is 2.77. The van der Waals surface area contributed by atoms with E-state index < -0.39 is 0 Å². The van der Waals surface area contributed by atoms with Gasteiger partial charge in [0.1, 0.15) is 5.82 Å². The quantitative estimate of drug-likeness (QED) is 0.885. The second-order valence-electron chi connectivity index (χ2n) is 6.19. The van der Waals surface area contributed by atoms with Crippen LogP contribution in [-0.4, -0.2) is 34.1 Å². The van der Waals surface area contributed by atoms with Crippen LogP contribution in [0.25, 0.3) is 0 Å². The van der Waals surface area contributed by atoms with Crippen molar-refractivity contribution in [2.24, 2.45) is 24.6 Å². The van der Waals surface area contributed by atoms with E-state index in [0.29, 0.717) is 6.04 Å². The molecule has 4 nitrogen and oxygen atoms in total. The number of hydrogen-bond donors (Lipinski definition) is 1. The van der Waals surface area contributed by atoms with E-state index >= 15 is 0 Å². The van der Waals surface area contributed by atoms with Crippen LogP contribution < -0.4 is 5.73 Å². The largest absolute Gasteiger partial charge is 0.337 e. The van der Waals surface area contributed by atoms with Crippen molar-refractivity contribution in [3.8, 4) is 0 Å². The molecule has 108 valence electrons. The molecule has 0 saturated heterocycles. The average molecular weight is 264 g/mol. The minimum absolute atomic E-state index is 0.490. The summed E-state index contributed by atoms with van der Waals surface area (Å²) in [6.07, 6.45) is 9.24. The minimum atomic E-state index is 0.490. The molecule has 1 heterocycles. The van der Waals surface area contributed by atoms with Crippen LogP contribution in [0.5, 0.6) is 0 Å². The zero-order valence-corrected chi connectivity index (χ0v) is 12.5. The van der Waals surface area contributed by atoms with Crippen molar-refractivity contribution in [3.05, 3.63) is 18.2 Å². The first-order valence-electron chi connectivity index (χ1n) is 7.48. The van der Waals surface area contributed by atoms with Crippen LogP contribution in [0.1, 0.15) is 38.4 Å². The fourth-order valence-electron chi connectivity index (χ4n) is 3.29. The number of hydrogen-bond acceptors (Lipinski definition) is 3. The third-order valence-corrected chi connectivity index (χ3v) is 4.72. The van der Waals surface area contributed by atoms with Crippen molar-refractivity contribution >= 4 is 0 Å². The van der Waals surface area contributed by atoms with Gasteiger partial charge in [0.05, 0.1) is 6.54 Å². The van der Waals surface area contributed by atoms with Gasteiger partial charge in [0.15, 0.2) is 0 Å². The number of aryl methyl sites for hydroxylation is 1. The van der Waals surface area contributed by atoms with Crippen molar-refractivity contribution in [1.82, 2.24) is 14.5 Å². The zero-order chi connectivity index (χ0) is 13.8. The lowest BCUT2D eigenvalue weighted by atomic mass is 9.79. The third kappa shape index (κ3) is 3.57. The molecule has 0 bridgehead atoms. The first kappa shape index (κ1) is 14.5. The van der Waals surface area contributed by atoms with Gasteiger partial charge in [0, 0.05) is 32.0 Å². The maximum Gasteiger partial charge on any atom is 0.122 e. The van der Waals surface area contributed by atoms with Crippen molar-refractivity contribution in [1.29, 1.82) is 0 Å². The maximum atomic E-state index is 6.04. The van der Waals surface area contributed by atoms with Crippen molar-refractivity contribution in [2.75, 3.05) is 13.6 Å². The van der Waals surface area contributed by atoms with Gasteiger partial charge >= 0.3 is 0 Å². The predicted octanol–water partition coefficient (Wildman–Crippen LogP) is 2.01. The minimum Gasteiger partial charge on any atom is -0.337 e. The van der Waals surface area contributed by atoms with Crippen molar-refractivity contribution < 1.29 is 0 Å². The molecule has 2 rings (SSSR count). The van der Waals surface area contributed by atoms with E-state index in [9.17, 15) is 0 Å². The first-order valence-corrected chi connectivity index (χ1v) is 7.48. The smallest absolute Gasteiger partial charge is 0.122 e. The Hall–Kier alpha value is -0.870. The molecule has 1 unspecified atom stereocenters. The summed E-state index contributed by atoms with van der Waals surface area (Å²) >= 11 is 0. The average Bonchev–Trinajstić information content (AvgIpc) is 2.78. The summed E-state index contributed by atoms with van der Waals surface area (Å²) in [4.78, 5) is 6.80. The van der Waals surface area contributed by atoms with Gasteiger partial charge < -0.3 is 10.3 Å². The van der Waals surface area contributed by atoms with Crippen LogP contribution in [0.4, 0.5) is 0 Å². The Bertz CT molecular complexity index is 379. The number of nitrogens with zero attached hydrogens (tertiary/aromatic N) is 3. The highest BCUT2D eigenvalue weighted by Crippen LogP contribution is 2.32. The summed E-state index contributed by atoms with van der Waals surface area (Å²) in [7, 11) is 4.24. The fraction of sp³-hybridized carbons (Fsp3) is 0.800. The standard InChI is InChI=1S/C15H28N4/c1-12-4-6-13(7-5-12)14(10-16)19(3)11-15-17-8-9-18(15)2/h8-9,12-14H,4-7,10-11,16H2,1-3H3. The van der Waals surface area contributed by atoms with E-state index in [-0.39, 0.29) is 0 Å². The summed E-state index contributed by atoms with van der Waals surface area (Å²) in [5, 5.41) is 0. The fourth-order valence-corrected chi connectivity index (χ4v) is 3.29. The molecular weight excluding hydrogens is 236 g/mol. The van der Waals surface area contributed by atoms with Gasteiger partial charge in [-0.25, -0.2) is 4.98 Å². The lowest BCUT2D eigenvalue weighted by Gasteiger charge is -2.37. The highest BCUT2D eigenvalue weighted by molar-refractivity contribution is 4.92. The molecule has 2 N–H and O–H groups in total. The monoisotopic (exact) mass is 264 g/mol. The Kier molecular flexibility index (Phi) is 4.99. The third-order valence-electron chi connectivity index (χ3n) is 4.72. The van der Waals surface area contributed by atoms with Gasteiger partial charge in [0.2, 0.25) is 0 Å². The molecule has 1 aliphatic carbocycles. The summed E-state index contributed by atoms with van der Waals surface area (Å²) in [5.41, 5.74) is 6.04. The molecule has 1 aromatic heterocycles. The topological polar surface area (TPSA) is 47.1 Å². The molecule has 19 heavy (non-hydrogen) atoms. The molecule has 0 aliphatic heterocycles. The van der Waals surface area contributed by atoms with Crippen LogP contribution in [0.15, 0.2) is 12.4 Å². The van der Waals surface area contributed by atoms with Gasteiger partial charge in [-0.1, -0.05) is 19.8 Å². The lowest BCUT2D eigenvalue weighted by Crippen LogP contribution is -2.44. The SMILES string of the molecule is CC1CCC(C(CN)N(C)Cc2nccn2C)CC1. The van der Waals surface area contributed by atoms with Crippen LogP contribution in [0.2, 0.25) is 0 Å². The Morgan fingerprint density at radius 1 is 1.42 bits per heavy atom. The number of likely N-dealkylation sites (N-methyl/N-ethyl adjacent to an activating group) is 1.